The summed E-state index contributed by atoms with van der Waals surface area (Å²) in [5, 5.41) is 1.27. The van der Waals surface area contributed by atoms with Crippen molar-refractivity contribution in [3.63, 3.8) is 0 Å². The van der Waals surface area contributed by atoms with Crippen LogP contribution in [0.4, 0.5) is 0 Å². The fourth-order valence-corrected chi connectivity index (χ4v) is 2.64. The highest BCUT2D eigenvalue weighted by molar-refractivity contribution is 5.81. The molecule has 0 fully saturated rings. The first-order valence-corrected chi connectivity index (χ1v) is 7.74. The number of pyridine rings is 1. The minimum Gasteiger partial charge on any atom is -0.256 e. The van der Waals surface area contributed by atoms with Gasteiger partial charge in [-0.25, -0.2) is 0 Å². The summed E-state index contributed by atoms with van der Waals surface area (Å²) in [6.45, 7) is 2.27. The third-order valence-corrected chi connectivity index (χ3v) is 3.77. The molecule has 0 atom stereocenters. The lowest BCUT2D eigenvalue weighted by Gasteiger charge is -2.05. The van der Waals surface area contributed by atoms with Gasteiger partial charge in [0.2, 0.25) is 0 Å². The van der Waals surface area contributed by atoms with Gasteiger partial charge in [0.25, 0.3) is 0 Å². The molecule has 1 heterocycles. The molecule has 0 N–H and O–H groups in total. The van der Waals surface area contributed by atoms with Crippen LogP contribution in [0.25, 0.3) is 10.9 Å². The van der Waals surface area contributed by atoms with Crippen LogP contribution in [0.3, 0.4) is 0 Å². The fourth-order valence-electron chi connectivity index (χ4n) is 2.64. The van der Waals surface area contributed by atoms with Crippen LogP contribution in [-0.2, 0) is 6.42 Å². The van der Waals surface area contributed by atoms with E-state index >= 15 is 0 Å². The lowest BCUT2D eigenvalue weighted by Crippen LogP contribution is -1.90. The molecule has 0 bridgehead atoms. The number of benzene rings is 1. The second-order valence-electron chi connectivity index (χ2n) is 5.36. The first-order valence-electron chi connectivity index (χ1n) is 7.74. The van der Waals surface area contributed by atoms with Gasteiger partial charge in [0.1, 0.15) is 0 Å². The number of fused-ring (bicyclic) bond motifs is 1. The lowest BCUT2D eigenvalue weighted by atomic mass is 10.0. The Labute approximate surface area is 117 Å². The van der Waals surface area contributed by atoms with Gasteiger partial charge in [0.15, 0.2) is 0 Å². The molecule has 1 aromatic heterocycles. The quantitative estimate of drug-likeness (QED) is 0.565. The first-order chi connectivity index (χ1) is 9.42. The van der Waals surface area contributed by atoms with Crippen molar-refractivity contribution in [2.45, 2.75) is 58.3 Å². The zero-order valence-corrected chi connectivity index (χ0v) is 12.1. The monoisotopic (exact) mass is 255 g/mol. The molecule has 0 spiro atoms. The fraction of sp³-hybridized carbons (Fsp3) is 0.500. The van der Waals surface area contributed by atoms with Gasteiger partial charge in [-0.3, -0.25) is 4.98 Å². The summed E-state index contributed by atoms with van der Waals surface area (Å²) < 4.78 is 0. The molecule has 0 aliphatic rings. The average Bonchev–Trinajstić information content (AvgIpc) is 2.46. The number of nitrogens with zero attached hydrogens (tertiary/aromatic N) is 1. The summed E-state index contributed by atoms with van der Waals surface area (Å²) in [7, 11) is 0. The normalized spacial score (nSPS) is 11.0. The zero-order chi connectivity index (χ0) is 13.3. The van der Waals surface area contributed by atoms with E-state index in [2.05, 4.69) is 36.2 Å². The summed E-state index contributed by atoms with van der Waals surface area (Å²) in [6, 6.07) is 10.7. The summed E-state index contributed by atoms with van der Waals surface area (Å²) in [5.74, 6) is 0. The van der Waals surface area contributed by atoms with Crippen LogP contribution in [0.1, 0.15) is 57.4 Å². The Hall–Kier alpha value is -1.37. The molecule has 19 heavy (non-hydrogen) atoms. The van der Waals surface area contributed by atoms with E-state index in [0.29, 0.717) is 0 Å². The van der Waals surface area contributed by atoms with Crippen LogP contribution in [-0.4, -0.2) is 4.98 Å². The molecule has 1 nitrogen and oxygen atoms in total. The molecule has 0 amide bonds. The maximum absolute atomic E-state index is 4.52. The third kappa shape index (κ3) is 4.34. The Balaban J connectivity index is 1.78. The molecule has 2 rings (SSSR count). The minimum atomic E-state index is 1.17. The number of aryl methyl sites for hydroxylation is 1. The smallest absolute Gasteiger partial charge is 0.0733 e. The summed E-state index contributed by atoms with van der Waals surface area (Å²) in [4.78, 5) is 4.52. The third-order valence-electron chi connectivity index (χ3n) is 3.77. The molecule has 102 valence electrons. The van der Waals surface area contributed by atoms with E-state index in [1.807, 2.05) is 12.3 Å². The van der Waals surface area contributed by atoms with E-state index in [4.69, 9.17) is 0 Å². The molecule has 0 saturated carbocycles. The van der Waals surface area contributed by atoms with Gasteiger partial charge in [-0.1, -0.05) is 69.7 Å². The number of hydrogen-bond acceptors (Lipinski definition) is 1. The average molecular weight is 255 g/mol. The molecule has 0 radical (unpaired) electrons. The van der Waals surface area contributed by atoms with Gasteiger partial charge in [-0.2, -0.15) is 0 Å². The molecular weight excluding hydrogens is 230 g/mol. The second kappa shape index (κ2) is 7.93. The van der Waals surface area contributed by atoms with Crippen molar-refractivity contribution >= 4 is 10.9 Å². The molecule has 0 aliphatic carbocycles. The SMILES string of the molecule is CCCCCCCCCc1cccc2cccnc12. The van der Waals surface area contributed by atoms with Crippen molar-refractivity contribution in [2.75, 3.05) is 0 Å². The Kier molecular flexibility index (Phi) is 5.87. The van der Waals surface area contributed by atoms with Crippen LogP contribution in [0, 0.1) is 0 Å². The van der Waals surface area contributed by atoms with Gasteiger partial charge in [-0.15, -0.1) is 0 Å². The standard InChI is InChI=1S/C18H25N/c1-2-3-4-5-6-7-8-11-16-12-9-13-17-14-10-15-19-18(16)17/h9-10,12-15H,2-8,11H2,1H3. The Bertz CT molecular complexity index is 485. The molecular formula is C18H25N. The Morgan fingerprint density at radius 2 is 1.58 bits per heavy atom. The highest BCUT2D eigenvalue weighted by atomic mass is 14.6. The van der Waals surface area contributed by atoms with Crippen molar-refractivity contribution in [3.8, 4) is 0 Å². The van der Waals surface area contributed by atoms with Crippen LogP contribution in [0.2, 0.25) is 0 Å². The maximum atomic E-state index is 4.52. The number of para-hydroxylation sites is 1. The van der Waals surface area contributed by atoms with E-state index in [-0.39, 0.29) is 0 Å². The number of rotatable bonds is 8. The van der Waals surface area contributed by atoms with Crippen LogP contribution >= 0.6 is 0 Å². The van der Waals surface area contributed by atoms with Crippen LogP contribution in [0.5, 0.6) is 0 Å². The highest BCUT2D eigenvalue weighted by Gasteiger charge is 2.01. The highest BCUT2D eigenvalue weighted by Crippen LogP contribution is 2.18. The van der Waals surface area contributed by atoms with E-state index in [1.54, 1.807) is 0 Å². The van der Waals surface area contributed by atoms with Crippen molar-refractivity contribution in [3.05, 3.63) is 42.1 Å². The van der Waals surface area contributed by atoms with E-state index in [1.165, 1.54) is 67.8 Å². The topological polar surface area (TPSA) is 12.9 Å². The van der Waals surface area contributed by atoms with Gasteiger partial charge in [0.05, 0.1) is 5.52 Å². The summed E-state index contributed by atoms with van der Waals surface area (Å²) in [6.07, 6.45) is 12.6. The lowest BCUT2D eigenvalue weighted by molar-refractivity contribution is 0.590. The zero-order valence-electron chi connectivity index (χ0n) is 12.1. The van der Waals surface area contributed by atoms with Gasteiger partial charge < -0.3 is 0 Å². The van der Waals surface area contributed by atoms with Crippen molar-refractivity contribution < 1.29 is 0 Å². The van der Waals surface area contributed by atoms with E-state index in [0.717, 1.165) is 0 Å². The first kappa shape index (κ1) is 14.0. The number of unbranched alkanes of at least 4 members (excludes halogenated alkanes) is 6. The summed E-state index contributed by atoms with van der Waals surface area (Å²) in [5.41, 5.74) is 2.60. The Morgan fingerprint density at radius 1 is 0.842 bits per heavy atom. The molecule has 0 unspecified atom stereocenters. The van der Waals surface area contributed by atoms with Crippen LogP contribution in [0.15, 0.2) is 36.5 Å². The molecule has 2 aromatic rings. The molecule has 0 aliphatic heterocycles. The molecule has 0 saturated heterocycles. The van der Waals surface area contributed by atoms with Crippen molar-refractivity contribution in [1.82, 2.24) is 4.98 Å². The van der Waals surface area contributed by atoms with E-state index in [9.17, 15) is 0 Å². The molecule has 1 heteroatoms. The molecule has 1 aromatic carbocycles. The largest absolute Gasteiger partial charge is 0.256 e. The number of aromatic nitrogens is 1. The van der Waals surface area contributed by atoms with Gasteiger partial charge >= 0.3 is 0 Å². The number of hydrogen-bond donors (Lipinski definition) is 0. The van der Waals surface area contributed by atoms with Crippen LogP contribution < -0.4 is 0 Å². The van der Waals surface area contributed by atoms with Gasteiger partial charge in [0, 0.05) is 11.6 Å². The predicted octanol–water partition coefficient (Wildman–Crippen LogP) is 5.53. The predicted molar refractivity (Wildman–Crippen MR) is 83.4 cm³/mol. The Morgan fingerprint density at radius 3 is 2.42 bits per heavy atom. The van der Waals surface area contributed by atoms with Crippen molar-refractivity contribution in [1.29, 1.82) is 0 Å². The summed E-state index contributed by atoms with van der Waals surface area (Å²) >= 11 is 0. The van der Waals surface area contributed by atoms with Crippen molar-refractivity contribution in [2.24, 2.45) is 0 Å². The maximum Gasteiger partial charge on any atom is 0.0733 e. The van der Waals surface area contributed by atoms with E-state index < -0.39 is 0 Å². The minimum absolute atomic E-state index is 1.17. The second-order valence-corrected chi connectivity index (χ2v) is 5.36. The van der Waals surface area contributed by atoms with Gasteiger partial charge in [-0.05, 0) is 24.5 Å².